The third-order valence-electron chi connectivity index (χ3n) is 2.95. The van der Waals surface area contributed by atoms with Gasteiger partial charge in [0.05, 0.1) is 5.92 Å². The summed E-state index contributed by atoms with van der Waals surface area (Å²) < 4.78 is 0. The Bertz CT molecular complexity index is 427. The molecule has 0 saturated heterocycles. The number of hydrogen-bond acceptors (Lipinski definition) is 3. The monoisotopic (exact) mass is 237 g/mol. The van der Waals surface area contributed by atoms with Gasteiger partial charge in [0.25, 0.3) is 0 Å². The number of carbonyl (C=O) groups is 1. The van der Waals surface area contributed by atoms with Crippen LogP contribution in [0.5, 0.6) is 5.75 Å². The second-order valence-corrected chi connectivity index (χ2v) is 4.55. The number of phenolic OH excluding ortho intramolecular Hbond substituents is 1. The fourth-order valence-corrected chi connectivity index (χ4v) is 1.99. The zero-order valence-corrected chi connectivity index (χ0v) is 10.4. The Labute approximate surface area is 101 Å². The van der Waals surface area contributed by atoms with Crippen LogP contribution in [0.15, 0.2) is 12.1 Å². The van der Waals surface area contributed by atoms with Gasteiger partial charge in [-0.05, 0) is 30.0 Å². The van der Waals surface area contributed by atoms with Crippen molar-refractivity contribution < 1.29 is 15.0 Å². The highest BCUT2D eigenvalue weighted by molar-refractivity contribution is 5.77. The van der Waals surface area contributed by atoms with Gasteiger partial charge in [-0.1, -0.05) is 19.9 Å². The number of aryl methyl sites for hydroxylation is 1. The highest BCUT2D eigenvalue weighted by Crippen LogP contribution is 2.31. The molecule has 0 fully saturated rings. The molecule has 1 rings (SSSR count). The summed E-state index contributed by atoms with van der Waals surface area (Å²) in [7, 11) is 0. The van der Waals surface area contributed by atoms with Crippen molar-refractivity contribution in [3.63, 3.8) is 0 Å². The number of phenols is 1. The largest absolute Gasteiger partial charge is 0.508 e. The standard InChI is InChI=1S/C13H19NO3/c1-7(2)9-5-10(11(6-14)13(16)17)12(15)4-8(9)3/h4-5,7,11,15H,6,14H2,1-3H3,(H,16,17). The van der Waals surface area contributed by atoms with E-state index in [0.29, 0.717) is 5.56 Å². The molecule has 1 unspecified atom stereocenters. The summed E-state index contributed by atoms with van der Waals surface area (Å²) in [5.41, 5.74) is 7.84. The van der Waals surface area contributed by atoms with Crippen molar-refractivity contribution in [3.8, 4) is 5.75 Å². The van der Waals surface area contributed by atoms with E-state index in [1.807, 2.05) is 20.8 Å². The van der Waals surface area contributed by atoms with E-state index in [-0.39, 0.29) is 18.2 Å². The Balaban J connectivity index is 3.33. The van der Waals surface area contributed by atoms with E-state index < -0.39 is 11.9 Å². The maximum Gasteiger partial charge on any atom is 0.312 e. The summed E-state index contributed by atoms with van der Waals surface area (Å²) >= 11 is 0. The molecule has 4 nitrogen and oxygen atoms in total. The topological polar surface area (TPSA) is 83.5 Å². The normalized spacial score (nSPS) is 12.8. The van der Waals surface area contributed by atoms with Gasteiger partial charge in [0.15, 0.2) is 0 Å². The van der Waals surface area contributed by atoms with Crippen molar-refractivity contribution in [3.05, 3.63) is 28.8 Å². The highest BCUT2D eigenvalue weighted by Gasteiger charge is 2.22. The first kappa shape index (κ1) is 13.5. The first-order valence-electron chi connectivity index (χ1n) is 5.64. The summed E-state index contributed by atoms with van der Waals surface area (Å²) in [5, 5.41) is 18.9. The number of benzene rings is 1. The minimum absolute atomic E-state index is 0.00440. The molecule has 0 aliphatic heterocycles. The molecule has 0 saturated carbocycles. The van der Waals surface area contributed by atoms with Crippen LogP contribution in [0.4, 0.5) is 0 Å². The average Bonchev–Trinajstić information content (AvgIpc) is 2.21. The Hall–Kier alpha value is -1.55. The van der Waals surface area contributed by atoms with Gasteiger partial charge in [-0.25, -0.2) is 0 Å². The van der Waals surface area contributed by atoms with Crippen molar-refractivity contribution in [2.24, 2.45) is 5.73 Å². The molecule has 0 spiro atoms. The van der Waals surface area contributed by atoms with Crippen LogP contribution in [0, 0.1) is 6.92 Å². The summed E-state index contributed by atoms with van der Waals surface area (Å²) in [6.07, 6.45) is 0. The first-order chi connectivity index (χ1) is 7.88. The zero-order chi connectivity index (χ0) is 13.2. The molecule has 1 aromatic carbocycles. The van der Waals surface area contributed by atoms with Crippen LogP contribution in [-0.2, 0) is 4.79 Å². The lowest BCUT2D eigenvalue weighted by atomic mass is 9.90. The van der Waals surface area contributed by atoms with Crippen LogP contribution in [0.1, 0.15) is 42.4 Å². The van der Waals surface area contributed by atoms with E-state index in [0.717, 1.165) is 11.1 Å². The maximum absolute atomic E-state index is 11.1. The molecular weight excluding hydrogens is 218 g/mol. The predicted octanol–water partition coefficient (Wildman–Crippen LogP) is 1.95. The molecule has 94 valence electrons. The minimum Gasteiger partial charge on any atom is -0.508 e. The van der Waals surface area contributed by atoms with Gasteiger partial charge >= 0.3 is 5.97 Å². The molecule has 4 N–H and O–H groups in total. The third-order valence-corrected chi connectivity index (χ3v) is 2.95. The predicted molar refractivity (Wildman–Crippen MR) is 66.4 cm³/mol. The molecule has 17 heavy (non-hydrogen) atoms. The molecule has 0 bridgehead atoms. The second kappa shape index (κ2) is 5.19. The van der Waals surface area contributed by atoms with Crippen LogP contribution in [-0.4, -0.2) is 22.7 Å². The van der Waals surface area contributed by atoms with E-state index >= 15 is 0 Å². The number of aromatic hydroxyl groups is 1. The summed E-state index contributed by atoms with van der Waals surface area (Å²) in [4.78, 5) is 11.1. The number of carboxylic acid groups (broad SMARTS) is 1. The van der Waals surface area contributed by atoms with Crippen LogP contribution in [0.2, 0.25) is 0 Å². The van der Waals surface area contributed by atoms with Crippen LogP contribution >= 0.6 is 0 Å². The summed E-state index contributed by atoms with van der Waals surface area (Å²) in [6, 6.07) is 3.36. The lowest BCUT2D eigenvalue weighted by Gasteiger charge is -2.17. The minimum atomic E-state index is -1.01. The van der Waals surface area contributed by atoms with Crippen molar-refractivity contribution in [1.82, 2.24) is 0 Å². The molecule has 4 heteroatoms. The number of nitrogens with two attached hydrogens (primary N) is 1. The number of hydrogen-bond donors (Lipinski definition) is 3. The number of carboxylic acids is 1. The van der Waals surface area contributed by atoms with E-state index in [9.17, 15) is 9.90 Å². The van der Waals surface area contributed by atoms with Gasteiger partial charge in [-0.2, -0.15) is 0 Å². The SMILES string of the molecule is Cc1cc(O)c(C(CN)C(=O)O)cc1C(C)C. The quantitative estimate of drug-likeness (QED) is 0.747. The van der Waals surface area contributed by atoms with Gasteiger partial charge in [-0.3, -0.25) is 4.79 Å². The molecule has 0 radical (unpaired) electrons. The molecule has 0 aromatic heterocycles. The molecule has 0 aliphatic carbocycles. The lowest BCUT2D eigenvalue weighted by molar-refractivity contribution is -0.138. The second-order valence-electron chi connectivity index (χ2n) is 4.55. The van der Waals surface area contributed by atoms with Gasteiger partial charge in [0, 0.05) is 12.1 Å². The Morgan fingerprint density at radius 1 is 1.35 bits per heavy atom. The number of aliphatic carboxylic acids is 1. The van der Waals surface area contributed by atoms with Gasteiger partial charge in [0.1, 0.15) is 5.75 Å². The lowest BCUT2D eigenvalue weighted by Crippen LogP contribution is -2.21. The molecule has 1 atom stereocenters. The highest BCUT2D eigenvalue weighted by atomic mass is 16.4. The van der Waals surface area contributed by atoms with Crippen molar-refractivity contribution in [1.29, 1.82) is 0 Å². The van der Waals surface area contributed by atoms with Crippen molar-refractivity contribution in [2.75, 3.05) is 6.54 Å². The van der Waals surface area contributed by atoms with Gasteiger partial charge in [0.2, 0.25) is 0 Å². The average molecular weight is 237 g/mol. The van der Waals surface area contributed by atoms with E-state index in [2.05, 4.69) is 0 Å². The third kappa shape index (κ3) is 2.77. The Morgan fingerprint density at radius 3 is 2.35 bits per heavy atom. The van der Waals surface area contributed by atoms with Crippen molar-refractivity contribution >= 4 is 5.97 Å². The molecule has 0 heterocycles. The van der Waals surface area contributed by atoms with E-state index in [4.69, 9.17) is 10.8 Å². The fraction of sp³-hybridized carbons (Fsp3) is 0.462. The van der Waals surface area contributed by atoms with Crippen LogP contribution in [0.3, 0.4) is 0 Å². The van der Waals surface area contributed by atoms with E-state index in [1.165, 1.54) is 0 Å². The Kier molecular flexibility index (Phi) is 4.12. The van der Waals surface area contributed by atoms with Crippen molar-refractivity contribution in [2.45, 2.75) is 32.6 Å². The molecule has 0 aliphatic rings. The maximum atomic E-state index is 11.1. The molecule has 0 amide bonds. The molecular formula is C13H19NO3. The fourth-order valence-electron chi connectivity index (χ4n) is 1.99. The van der Waals surface area contributed by atoms with Crippen LogP contribution < -0.4 is 5.73 Å². The van der Waals surface area contributed by atoms with E-state index in [1.54, 1.807) is 12.1 Å². The van der Waals surface area contributed by atoms with Crippen LogP contribution in [0.25, 0.3) is 0 Å². The van der Waals surface area contributed by atoms with Gasteiger partial charge in [-0.15, -0.1) is 0 Å². The summed E-state index contributed by atoms with van der Waals surface area (Å²) in [6.45, 7) is 5.93. The molecule has 1 aromatic rings. The first-order valence-corrected chi connectivity index (χ1v) is 5.64. The smallest absolute Gasteiger partial charge is 0.312 e. The van der Waals surface area contributed by atoms with Gasteiger partial charge < -0.3 is 15.9 Å². The Morgan fingerprint density at radius 2 is 1.94 bits per heavy atom. The zero-order valence-electron chi connectivity index (χ0n) is 10.4. The summed E-state index contributed by atoms with van der Waals surface area (Å²) in [5.74, 6) is -1.58. The number of rotatable bonds is 4.